The van der Waals surface area contributed by atoms with E-state index in [4.69, 9.17) is 0 Å². The van der Waals surface area contributed by atoms with Crippen LogP contribution in [0.1, 0.15) is 11.1 Å². The second-order valence-electron chi connectivity index (χ2n) is 9.54. The van der Waals surface area contributed by atoms with Gasteiger partial charge in [0, 0.05) is 48.6 Å². The number of hydrogen-bond acceptors (Lipinski definition) is 2. The van der Waals surface area contributed by atoms with Gasteiger partial charge in [-0.1, -0.05) is 71.8 Å². The van der Waals surface area contributed by atoms with Crippen LogP contribution in [0.4, 0.5) is 22.7 Å². The summed E-state index contributed by atoms with van der Waals surface area (Å²) in [6, 6.07) is 22.7. The van der Waals surface area contributed by atoms with E-state index in [1.165, 1.54) is 55.1 Å². The number of rotatable bonds is 2. The summed E-state index contributed by atoms with van der Waals surface area (Å²) in [5.74, 6) is 0. The molecule has 7 rings (SSSR count). The van der Waals surface area contributed by atoms with Crippen molar-refractivity contribution in [3.05, 3.63) is 120 Å². The number of fused-ring (bicyclic) bond motifs is 4. The van der Waals surface area contributed by atoms with Crippen LogP contribution in [-0.4, -0.2) is 21.9 Å². The first-order valence-electron chi connectivity index (χ1n) is 12.3. The number of aryl methyl sites for hydroxylation is 2. The zero-order valence-electron chi connectivity index (χ0n) is 20.3. The van der Waals surface area contributed by atoms with Crippen molar-refractivity contribution in [3.63, 3.8) is 0 Å². The van der Waals surface area contributed by atoms with E-state index < -0.39 is 0 Å². The van der Waals surface area contributed by atoms with Crippen molar-refractivity contribution in [2.24, 2.45) is 0 Å². The Bertz CT molecular complexity index is 1460. The molecule has 36 heavy (non-hydrogen) atoms. The van der Waals surface area contributed by atoms with Crippen LogP contribution in [0.25, 0.3) is 0 Å². The molecule has 4 heteroatoms. The van der Waals surface area contributed by atoms with Crippen molar-refractivity contribution in [3.8, 4) is 0 Å². The SMILES string of the molecule is Cc1ccc([N+]2=C3C=CC=CC3Sc3cc4c(cc32)SC2C=CC=CC2=[N+]4c2ccc(C)cc2)cc1. The van der Waals surface area contributed by atoms with Crippen LogP contribution in [0.3, 0.4) is 0 Å². The molecule has 0 radical (unpaired) electrons. The third-order valence-electron chi connectivity index (χ3n) is 7.04. The molecule has 2 unspecified atom stereocenters. The fraction of sp³-hybridized carbons (Fsp3) is 0.125. The summed E-state index contributed by atoms with van der Waals surface area (Å²) in [6.45, 7) is 4.30. The smallest absolute Gasteiger partial charge is 0.155 e. The summed E-state index contributed by atoms with van der Waals surface area (Å²) in [5.41, 5.74) is 10.2. The van der Waals surface area contributed by atoms with Gasteiger partial charge in [-0.2, -0.15) is 9.15 Å². The first kappa shape index (κ1) is 21.9. The zero-order chi connectivity index (χ0) is 24.2. The normalized spacial score (nSPS) is 21.3. The predicted molar refractivity (Wildman–Crippen MR) is 158 cm³/mol. The Morgan fingerprint density at radius 2 is 0.972 bits per heavy atom. The highest BCUT2D eigenvalue weighted by atomic mass is 32.2. The van der Waals surface area contributed by atoms with Crippen LogP contribution < -0.4 is 9.15 Å². The highest BCUT2D eigenvalue weighted by Crippen LogP contribution is 2.49. The highest BCUT2D eigenvalue weighted by molar-refractivity contribution is 8.01. The minimum Gasteiger partial charge on any atom is -0.155 e. The fourth-order valence-electron chi connectivity index (χ4n) is 5.22. The highest BCUT2D eigenvalue weighted by Gasteiger charge is 2.41. The van der Waals surface area contributed by atoms with Gasteiger partial charge in [0.25, 0.3) is 0 Å². The van der Waals surface area contributed by atoms with Crippen molar-refractivity contribution in [2.45, 2.75) is 34.1 Å². The fourth-order valence-corrected chi connectivity index (χ4v) is 7.62. The molecule has 3 aromatic carbocycles. The van der Waals surface area contributed by atoms with Crippen molar-refractivity contribution in [2.75, 3.05) is 0 Å². The molecule has 0 saturated heterocycles. The Hall–Kier alpha value is -3.34. The van der Waals surface area contributed by atoms with Gasteiger partial charge in [-0.15, -0.1) is 23.5 Å². The maximum atomic E-state index is 2.46. The lowest BCUT2D eigenvalue weighted by Crippen LogP contribution is -2.31. The van der Waals surface area contributed by atoms with Gasteiger partial charge >= 0.3 is 0 Å². The van der Waals surface area contributed by atoms with Crippen LogP contribution in [0.5, 0.6) is 0 Å². The second kappa shape index (κ2) is 8.65. The molecular weight excluding hydrogens is 477 g/mol. The molecule has 174 valence electrons. The topological polar surface area (TPSA) is 6.02 Å². The molecule has 0 spiro atoms. The van der Waals surface area contributed by atoms with Gasteiger partial charge in [-0.25, -0.2) is 0 Å². The monoisotopic (exact) mass is 502 g/mol. The van der Waals surface area contributed by atoms with Gasteiger partial charge in [-0.05, 0) is 13.8 Å². The van der Waals surface area contributed by atoms with Crippen molar-refractivity contribution >= 4 is 57.7 Å². The zero-order valence-corrected chi connectivity index (χ0v) is 21.9. The van der Waals surface area contributed by atoms with E-state index in [1.54, 1.807) is 0 Å². The van der Waals surface area contributed by atoms with Gasteiger partial charge < -0.3 is 0 Å². The Kier molecular flexibility index (Phi) is 5.26. The minimum absolute atomic E-state index is 0.295. The van der Waals surface area contributed by atoms with Crippen molar-refractivity contribution < 1.29 is 0 Å². The third kappa shape index (κ3) is 3.59. The van der Waals surface area contributed by atoms with Gasteiger partial charge in [0.2, 0.25) is 34.2 Å². The first-order chi connectivity index (χ1) is 17.7. The van der Waals surface area contributed by atoms with E-state index in [0.29, 0.717) is 10.5 Å². The molecule has 0 aromatic heterocycles. The van der Waals surface area contributed by atoms with E-state index in [2.05, 4.69) is 132 Å². The summed E-state index contributed by atoms with van der Waals surface area (Å²) in [6.07, 6.45) is 17.8. The number of nitrogens with zero attached hydrogens (tertiary/aromatic N) is 2. The minimum atomic E-state index is 0.295. The van der Waals surface area contributed by atoms with Crippen molar-refractivity contribution in [1.82, 2.24) is 9.15 Å². The van der Waals surface area contributed by atoms with E-state index in [0.717, 1.165) is 0 Å². The van der Waals surface area contributed by atoms with Crippen LogP contribution in [0, 0.1) is 13.8 Å². The molecule has 0 N–H and O–H groups in total. The molecule has 0 amide bonds. The average molecular weight is 503 g/mol. The summed E-state index contributed by atoms with van der Waals surface area (Å²) in [7, 11) is 0. The molecule has 2 heterocycles. The molecule has 0 fully saturated rings. The van der Waals surface area contributed by atoms with Gasteiger partial charge in [0.1, 0.15) is 10.5 Å². The molecule has 0 saturated carbocycles. The maximum Gasteiger partial charge on any atom is 0.226 e. The molecular formula is C32H26N2S2+2. The van der Waals surface area contributed by atoms with Crippen LogP contribution in [-0.2, 0) is 0 Å². The third-order valence-corrected chi connectivity index (χ3v) is 9.51. The Labute approximate surface area is 220 Å². The standard InChI is InChI=1S/C32H26N2S2/c1-21-11-15-23(16-12-21)33-25-7-3-5-9-29(25)35-31-20-28-32(19-27(31)33)36-30-10-6-4-8-26(30)34(28)24-17-13-22(2)14-18-24/h3-20,29-30H,1-2H3/q+2. The number of hydrogen-bond donors (Lipinski definition) is 0. The van der Waals surface area contributed by atoms with E-state index in [9.17, 15) is 0 Å². The summed E-state index contributed by atoms with van der Waals surface area (Å²) < 4.78 is 4.92. The second-order valence-corrected chi connectivity index (χ2v) is 11.9. The summed E-state index contributed by atoms with van der Waals surface area (Å²) in [4.78, 5) is 2.63. The Balaban J connectivity index is 1.47. The molecule has 3 aromatic rings. The first-order valence-corrected chi connectivity index (χ1v) is 14.1. The largest absolute Gasteiger partial charge is 0.226 e. The number of allylic oxidation sites excluding steroid dienone is 6. The van der Waals surface area contributed by atoms with Crippen molar-refractivity contribution in [1.29, 1.82) is 0 Å². The lowest BCUT2D eigenvalue weighted by Gasteiger charge is -2.26. The quantitative estimate of drug-likeness (QED) is 0.327. The molecule has 4 aliphatic rings. The number of thioether (sulfide) groups is 2. The van der Waals surface area contributed by atoms with Crippen LogP contribution in [0.2, 0.25) is 0 Å². The van der Waals surface area contributed by atoms with Gasteiger partial charge in [-0.3, -0.25) is 0 Å². The van der Waals surface area contributed by atoms with E-state index in [-0.39, 0.29) is 0 Å². The van der Waals surface area contributed by atoms with Crippen LogP contribution >= 0.6 is 23.5 Å². The molecule has 2 aliphatic carbocycles. The predicted octanol–water partition coefficient (Wildman–Crippen LogP) is 8.06. The lowest BCUT2D eigenvalue weighted by atomic mass is 10.1. The summed E-state index contributed by atoms with van der Waals surface area (Å²) >= 11 is 3.90. The van der Waals surface area contributed by atoms with E-state index >= 15 is 0 Å². The van der Waals surface area contributed by atoms with E-state index in [1.807, 2.05) is 23.5 Å². The van der Waals surface area contributed by atoms with Crippen LogP contribution in [0.15, 0.2) is 119 Å². The van der Waals surface area contributed by atoms with Gasteiger partial charge in [0.15, 0.2) is 0 Å². The Morgan fingerprint density at radius 3 is 1.39 bits per heavy atom. The Morgan fingerprint density at radius 1 is 0.556 bits per heavy atom. The molecule has 2 nitrogen and oxygen atoms in total. The molecule has 2 aliphatic heterocycles. The number of benzene rings is 3. The lowest BCUT2D eigenvalue weighted by molar-refractivity contribution is 0.969. The van der Waals surface area contributed by atoms with Gasteiger partial charge in [0.05, 0.1) is 9.79 Å². The molecule has 0 bridgehead atoms. The maximum absolute atomic E-state index is 2.46. The molecule has 2 atom stereocenters. The average Bonchev–Trinajstić information content (AvgIpc) is 2.91. The summed E-state index contributed by atoms with van der Waals surface area (Å²) in [5, 5.41) is 0.590.